The average molecular weight is 381 g/mol. The fourth-order valence-corrected chi connectivity index (χ4v) is 4.02. The number of likely N-dealkylation sites (tertiary alicyclic amines) is 1. The van der Waals surface area contributed by atoms with E-state index in [1.807, 2.05) is 4.90 Å². The van der Waals surface area contributed by atoms with Crippen LogP contribution in [0.3, 0.4) is 0 Å². The van der Waals surface area contributed by atoms with Gasteiger partial charge in [-0.05, 0) is 39.5 Å². The summed E-state index contributed by atoms with van der Waals surface area (Å²) < 4.78 is 0. The minimum absolute atomic E-state index is 0.00240. The van der Waals surface area contributed by atoms with Gasteiger partial charge >= 0.3 is 0 Å². The second kappa shape index (κ2) is 11.2. The number of ketones is 1. The van der Waals surface area contributed by atoms with Crippen molar-refractivity contribution >= 4 is 11.7 Å². The highest BCUT2D eigenvalue weighted by Gasteiger charge is 2.35. The maximum Gasteiger partial charge on any atom is 0.236 e. The summed E-state index contributed by atoms with van der Waals surface area (Å²) >= 11 is 0. The van der Waals surface area contributed by atoms with Gasteiger partial charge in [0.25, 0.3) is 0 Å². The van der Waals surface area contributed by atoms with Crippen molar-refractivity contribution in [2.45, 2.75) is 105 Å². The monoisotopic (exact) mass is 380 g/mol. The van der Waals surface area contributed by atoms with Crippen LogP contribution in [-0.2, 0) is 9.59 Å². The maximum absolute atomic E-state index is 12.9. The molecule has 0 aromatic carbocycles. The van der Waals surface area contributed by atoms with Crippen LogP contribution in [-0.4, -0.2) is 41.8 Å². The second-order valence-electron chi connectivity index (χ2n) is 9.70. The molecule has 0 radical (unpaired) electrons. The third-order valence-corrected chi connectivity index (χ3v) is 6.16. The summed E-state index contributed by atoms with van der Waals surface area (Å²) in [6.07, 6.45) is 9.61. The predicted molar refractivity (Wildman–Crippen MR) is 114 cm³/mol. The van der Waals surface area contributed by atoms with Crippen LogP contribution in [0, 0.1) is 11.3 Å². The summed E-state index contributed by atoms with van der Waals surface area (Å²) in [6.45, 7) is 14.8. The molecule has 1 saturated heterocycles. The minimum atomic E-state index is -0.225. The Hall–Kier alpha value is -0.900. The lowest BCUT2D eigenvalue weighted by Gasteiger charge is -2.36. The van der Waals surface area contributed by atoms with E-state index in [1.54, 1.807) is 0 Å². The fraction of sp³-hybridized carbons (Fsp3) is 0.913. The van der Waals surface area contributed by atoms with E-state index in [4.69, 9.17) is 0 Å². The number of rotatable bonds is 12. The van der Waals surface area contributed by atoms with Crippen molar-refractivity contribution in [3.63, 3.8) is 0 Å². The summed E-state index contributed by atoms with van der Waals surface area (Å²) in [7, 11) is 0. The van der Waals surface area contributed by atoms with Gasteiger partial charge in [0.15, 0.2) is 0 Å². The largest absolute Gasteiger partial charge is 0.342 e. The van der Waals surface area contributed by atoms with Crippen LogP contribution in [0.5, 0.6) is 0 Å². The standard InChI is InChI=1S/C23H44N2O2/c1-7-9-11-15-23(5,6)24-18-20(26)25-16-12-19(13-17-25)21(27)22(3,4)14-10-8-2/h19,24H,7-18H2,1-6H3. The molecule has 158 valence electrons. The summed E-state index contributed by atoms with van der Waals surface area (Å²) in [5, 5.41) is 3.44. The van der Waals surface area contributed by atoms with Crippen molar-refractivity contribution in [3.05, 3.63) is 0 Å². The Labute approximate surface area is 167 Å². The first-order chi connectivity index (χ1) is 12.6. The zero-order chi connectivity index (χ0) is 20.5. The first-order valence-electron chi connectivity index (χ1n) is 11.2. The van der Waals surface area contributed by atoms with Crippen LogP contribution >= 0.6 is 0 Å². The van der Waals surface area contributed by atoms with E-state index in [-0.39, 0.29) is 22.8 Å². The van der Waals surface area contributed by atoms with E-state index in [0.717, 1.165) is 51.6 Å². The van der Waals surface area contributed by atoms with Gasteiger partial charge in [0.1, 0.15) is 5.78 Å². The highest BCUT2D eigenvalue weighted by atomic mass is 16.2. The normalized spacial score (nSPS) is 16.6. The van der Waals surface area contributed by atoms with Gasteiger partial charge in [0.2, 0.25) is 5.91 Å². The van der Waals surface area contributed by atoms with Crippen LogP contribution in [0.4, 0.5) is 0 Å². The highest BCUT2D eigenvalue weighted by Crippen LogP contribution is 2.32. The van der Waals surface area contributed by atoms with Gasteiger partial charge in [-0.1, -0.05) is 59.8 Å². The van der Waals surface area contributed by atoms with Crippen molar-refractivity contribution in [3.8, 4) is 0 Å². The predicted octanol–water partition coefficient (Wildman–Crippen LogP) is 4.96. The molecule has 27 heavy (non-hydrogen) atoms. The maximum atomic E-state index is 12.9. The van der Waals surface area contributed by atoms with Gasteiger partial charge in [-0.25, -0.2) is 0 Å². The number of nitrogens with zero attached hydrogens (tertiary/aromatic N) is 1. The Morgan fingerprint density at radius 2 is 1.52 bits per heavy atom. The Morgan fingerprint density at radius 1 is 0.926 bits per heavy atom. The van der Waals surface area contributed by atoms with Crippen molar-refractivity contribution in [1.82, 2.24) is 10.2 Å². The number of carbonyl (C=O) groups excluding carboxylic acids is 2. The molecule has 1 heterocycles. The number of hydrogen-bond donors (Lipinski definition) is 1. The number of hydrogen-bond acceptors (Lipinski definition) is 3. The topological polar surface area (TPSA) is 49.4 Å². The SMILES string of the molecule is CCCCCC(C)(C)NCC(=O)N1CCC(C(=O)C(C)(C)CCCC)CC1. The smallest absolute Gasteiger partial charge is 0.236 e. The Balaban J connectivity index is 2.41. The van der Waals surface area contributed by atoms with E-state index in [1.165, 1.54) is 19.3 Å². The number of Topliss-reactive ketones (excluding diaryl/α,β-unsaturated/α-hetero) is 1. The Morgan fingerprint density at radius 3 is 2.07 bits per heavy atom. The molecule has 0 bridgehead atoms. The number of piperidine rings is 1. The molecule has 1 aliphatic rings. The van der Waals surface area contributed by atoms with Crippen LogP contribution in [0.15, 0.2) is 0 Å². The van der Waals surface area contributed by atoms with E-state index in [0.29, 0.717) is 12.3 Å². The Bertz CT molecular complexity index is 463. The van der Waals surface area contributed by atoms with Crippen molar-refractivity contribution < 1.29 is 9.59 Å². The van der Waals surface area contributed by atoms with E-state index >= 15 is 0 Å². The molecule has 0 atom stereocenters. The van der Waals surface area contributed by atoms with Gasteiger partial charge in [-0.2, -0.15) is 0 Å². The van der Waals surface area contributed by atoms with Gasteiger partial charge in [-0.15, -0.1) is 0 Å². The number of carbonyl (C=O) groups is 2. The zero-order valence-electron chi connectivity index (χ0n) is 18.8. The molecule has 1 amide bonds. The van der Waals surface area contributed by atoms with Crippen LogP contribution in [0.2, 0.25) is 0 Å². The van der Waals surface area contributed by atoms with Crippen molar-refractivity contribution in [2.75, 3.05) is 19.6 Å². The lowest BCUT2D eigenvalue weighted by molar-refractivity contribution is -0.138. The third-order valence-electron chi connectivity index (χ3n) is 6.16. The molecule has 4 heteroatoms. The van der Waals surface area contributed by atoms with E-state index in [9.17, 15) is 9.59 Å². The van der Waals surface area contributed by atoms with Gasteiger partial charge in [0.05, 0.1) is 6.54 Å². The van der Waals surface area contributed by atoms with Crippen LogP contribution < -0.4 is 5.32 Å². The Kier molecular flexibility index (Phi) is 10.0. The third kappa shape index (κ3) is 8.33. The summed E-state index contributed by atoms with van der Waals surface area (Å²) in [4.78, 5) is 27.4. The lowest BCUT2D eigenvalue weighted by atomic mass is 9.75. The van der Waals surface area contributed by atoms with E-state index in [2.05, 4.69) is 46.9 Å². The summed E-state index contributed by atoms with van der Waals surface area (Å²) in [5.41, 5.74) is -0.223. The molecule has 0 spiro atoms. The van der Waals surface area contributed by atoms with E-state index < -0.39 is 0 Å². The molecule has 0 aliphatic carbocycles. The molecule has 0 unspecified atom stereocenters. The zero-order valence-corrected chi connectivity index (χ0v) is 18.8. The lowest BCUT2D eigenvalue weighted by Crippen LogP contribution is -2.49. The van der Waals surface area contributed by atoms with Crippen LogP contribution in [0.25, 0.3) is 0 Å². The molecule has 0 aromatic rings. The van der Waals surface area contributed by atoms with Gasteiger partial charge in [-0.3, -0.25) is 9.59 Å². The number of nitrogens with one attached hydrogen (secondary N) is 1. The number of unbranched alkanes of at least 4 members (excludes halogenated alkanes) is 3. The van der Waals surface area contributed by atoms with Gasteiger partial charge in [0, 0.05) is 30.0 Å². The molecule has 1 fully saturated rings. The van der Waals surface area contributed by atoms with Gasteiger partial charge < -0.3 is 10.2 Å². The van der Waals surface area contributed by atoms with Crippen molar-refractivity contribution in [1.29, 1.82) is 0 Å². The first-order valence-corrected chi connectivity index (χ1v) is 11.2. The average Bonchev–Trinajstić information content (AvgIpc) is 2.64. The molecular weight excluding hydrogens is 336 g/mol. The summed E-state index contributed by atoms with van der Waals surface area (Å²) in [5.74, 6) is 0.701. The molecular formula is C23H44N2O2. The minimum Gasteiger partial charge on any atom is -0.342 e. The molecule has 4 nitrogen and oxygen atoms in total. The molecule has 0 saturated carbocycles. The molecule has 0 aromatic heterocycles. The van der Waals surface area contributed by atoms with Crippen molar-refractivity contribution in [2.24, 2.45) is 11.3 Å². The van der Waals surface area contributed by atoms with Crippen LogP contribution in [0.1, 0.15) is 99.3 Å². The number of amides is 1. The molecule has 1 N–H and O–H groups in total. The first kappa shape index (κ1) is 24.1. The molecule has 1 rings (SSSR count). The quantitative estimate of drug-likeness (QED) is 0.487. The molecule has 1 aliphatic heterocycles. The fourth-order valence-electron chi connectivity index (χ4n) is 4.02. The summed E-state index contributed by atoms with van der Waals surface area (Å²) in [6, 6.07) is 0. The highest BCUT2D eigenvalue weighted by molar-refractivity contribution is 5.86. The second-order valence-corrected chi connectivity index (χ2v) is 9.70.